The molecule has 0 bridgehead atoms. The molecule has 0 heterocycles. The molecule has 0 saturated carbocycles. The molecule has 0 aliphatic carbocycles. The van der Waals surface area contributed by atoms with Crippen molar-refractivity contribution in [3.63, 3.8) is 0 Å². The largest absolute Gasteiger partial charge is 0.461 e. The van der Waals surface area contributed by atoms with E-state index < -0.39 is 0 Å². The third kappa shape index (κ3) is 64.9. The van der Waals surface area contributed by atoms with Crippen LogP contribution < -0.4 is 16.0 Å². The molecule has 18 heteroatoms. The number of ether oxygens (including phenoxy) is 3. The SMILES string of the molecule is CCC/C=C\COC(=O)CCCCCCCCN(CCCCCCCCC=O)CCCNC(=O)c1cc(C(=O)NCCCN(CCCCCCCCC=O)CCCCCCCCC(=O)OC/C=C\CCC)cc(C(=O)NCCCN(CCCCCCCCC=O)CCCCCCCCC(=O)OC/C=C\CCC)c1. The van der Waals surface area contributed by atoms with Gasteiger partial charge in [-0.15, -0.1) is 0 Å². The van der Waals surface area contributed by atoms with Crippen LogP contribution in [0.4, 0.5) is 0 Å². The van der Waals surface area contributed by atoms with Crippen LogP contribution in [-0.2, 0) is 43.0 Å². The van der Waals surface area contributed by atoms with Crippen molar-refractivity contribution in [2.45, 2.75) is 348 Å². The van der Waals surface area contributed by atoms with Crippen LogP contribution in [0.5, 0.6) is 0 Å². The van der Waals surface area contributed by atoms with Gasteiger partial charge in [-0.3, -0.25) is 28.8 Å². The topological polar surface area (TPSA) is 227 Å². The average molecular weight is 1510 g/mol. The highest BCUT2D eigenvalue weighted by atomic mass is 16.5. The lowest BCUT2D eigenvalue weighted by atomic mass is 10.0. The minimum absolute atomic E-state index is 0.130. The summed E-state index contributed by atoms with van der Waals surface area (Å²) in [6.45, 7) is 17.0. The van der Waals surface area contributed by atoms with Crippen molar-refractivity contribution in [3.8, 4) is 0 Å². The number of allylic oxidation sites excluding steroid dienone is 3. The molecule has 108 heavy (non-hydrogen) atoms. The number of unbranched alkanes of at least 4 members (excludes halogenated alkanes) is 36. The number of hydrogen-bond donors (Lipinski definition) is 3. The van der Waals surface area contributed by atoms with E-state index in [9.17, 15) is 43.2 Å². The second kappa shape index (κ2) is 77.9. The molecule has 0 spiro atoms. The van der Waals surface area contributed by atoms with Gasteiger partial charge in [0.2, 0.25) is 0 Å². The van der Waals surface area contributed by atoms with Crippen LogP contribution in [0.1, 0.15) is 379 Å². The van der Waals surface area contributed by atoms with Gasteiger partial charge in [-0.25, -0.2) is 0 Å². The van der Waals surface area contributed by atoms with Crippen LogP contribution in [-0.4, -0.2) is 168 Å². The molecule has 1 aromatic carbocycles. The molecule has 0 atom stereocenters. The quantitative estimate of drug-likeness (QED) is 0.0181. The molecule has 0 aliphatic rings. The molecular weight excluding hydrogens is 1360 g/mol. The number of rotatable bonds is 81. The summed E-state index contributed by atoms with van der Waals surface area (Å²) in [6, 6.07) is 4.85. The molecular formula is C90H156N6O12. The number of esters is 3. The van der Waals surface area contributed by atoms with Crippen LogP contribution in [0, 0.1) is 0 Å². The molecule has 618 valence electrons. The molecule has 0 saturated heterocycles. The lowest BCUT2D eigenvalue weighted by Gasteiger charge is -2.23. The Kier molecular flexibility index (Phi) is 72.2. The Labute approximate surface area is 657 Å². The Morgan fingerprint density at radius 1 is 0.269 bits per heavy atom. The summed E-state index contributed by atoms with van der Waals surface area (Å²) >= 11 is 0. The van der Waals surface area contributed by atoms with Gasteiger partial charge in [0.1, 0.15) is 38.7 Å². The summed E-state index contributed by atoms with van der Waals surface area (Å²) in [5, 5.41) is 9.43. The standard InChI is InChI=1S/C90H156N6O12/c1-4-7-10-52-76-106-85(100)58-40-28-16-22-34-46-67-94(64-43-31-19-13-25-37-49-73-97)70-55-61-91-88(103)82-79-83(89(104)92-62-56-71-95(65-44-32-20-14-26-38-50-74-98)68-47-35-23-17-29-41-59-86(101)107-77-53-11-8-5-2)81-84(80-82)90(105)93-63-57-72-96(66-45-33-21-15-27-39-51-75-99)69-48-36-24-18-30-42-60-87(102)108-78-54-12-9-6-3/h10-12,52-54,73-75,79-81H,4-9,13-51,55-72,76-78H2,1-3H3,(H,91,103)(H,92,104)(H,93,105)/b52-10-,53-11-,54-12-. The van der Waals surface area contributed by atoms with Gasteiger partial charge in [-0.05, 0) is 193 Å². The van der Waals surface area contributed by atoms with Gasteiger partial charge in [-0.1, -0.05) is 231 Å². The van der Waals surface area contributed by atoms with E-state index in [0.717, 1.165) is 367 Å². The summed E-state index contributed by atoms with van der Waals surface area (Å²) < 4.78 is 16.0. The third-order valence-electron chi connectivity index (χ3n) is 19.9. The highest BCUT2D eigenvalue weighted by Crippen LogP contribution is 2.18. The molecule has 1 rings (SSSR count). The minimum Gasteiger partial charge on any atom is -0.461 e. The predicted octanol–water partition coefficient (Wildman–Crippen LogP) is 19.6. The molecule has 0 fully saturated rings. The predicted molar refractivity (Wildman–Crippen MR) is 444 cm³/mol. The first-order chi connectivity index (χ1) is 53.0. The van der Waals surface area contributed by atoms with E-state index in [1.165, 1.54) is 0 Å². The molecule has 3 amide bonds. The van der Waals surface area contributed by atoms with Gasteiger partial charge < -0.3 is 59.2 Å². The molecule has 0 aliphatic heterocycles. The van der Waals surface area contributed by atoms with Gasteiger partial charge in [0.15, 0.2) is 0 Å². The van der Waals surface area contributed by atoms with E-state index in [0.29, 0.717) is 78.0 Å². The van der Waals surface area contributed by atoms with Crippen molar-refractivity contribution in [2.24, 2.45) is 0 Å². The van der Waals surface area contributed by atoms with E-state index >= 15 is 0 Å². The fourth-order valence-corrected chi connectivity index (χ4v) is 13.3. The second-order valence-corrected chi connectivity index (χ2v) is 29.8. The minimum atomic E-state index is -0.331. The zero-order valence-electron chi connectivity index (χ0n) is 68.8. The Morgan fingerprint density at radius 3 is 0.694 bits per heavy atom. The van der Waals surface area contributed by atoms with Crippen molar-refractivity contribution >= 4 is 54.5 Å². The van der Waals surface area contributed by atoms with Crippen molar-refractivity contribution in [1.82, 2.24) is 30.7 Å². The van der Waals surface area contributed by atoms with E-state index in [2.05, 4.69) is 69.6 Å². The normalized spacial score (nSPS) is 11.6. The Hall–Kier alpha value is -5.85. The first-order valence-electron chi connectivity index (χ1n) is 43.9. The smallest absolute Gasteiger partial charge is 0.306 e. The average Bonchev–Trinajstić information content (AvgIpc) is 0.827. The number of nitrogens with zero attached hydrogens (tertiary/aromatic N) is 3. The van der Waals surface area contributed by atoms with Gasteiger partial charge in [0, 0.05) is 74.8 Å². The first-order valence-corrected chi connectivity index (χ1v) is 43.9. The first kappa shape index (κ1) is 100. The fourth-order valence-electron chi connectivity index (χ4n) is 13.3. The Bertz CT molecular complexity index is 2200. The summed E-state index contributed by atoms with van der Waals surface area (Å²) in [5.74, 6) is -1.38. The number of amides is 3. The van der Waals surface area contributed by atoms with E-state index in [-0.39, 0.29) is 52.3 Å². The summed E-state index contributed by atoms with van der Waals surface area (Å²) in [6.07, 6.45) is 64.8. The number of nitrogens with one attached hydrogen (secondary N) is 3. The number of carbonyl (C=O) groups excluding carboxylic acids is 9. The number of aldehydes is 3. The molecule has 18 nitrogen and oxygen atoms in total. The maximum atomic E-state index is 14.3. The second-order valence-electron chi connectivity index (χ2n) is 29.8. The number of benzene rings is 1. The molecule has 3 N–H and O–H groups in total. The molecule has 0 unspecified atom stereocenters. The summed E-state index contributed by atoms with van der Waals surface area (Å²) in [4.78, 5) is 119. The van der Waals surface area contributed by atoms with Crippen molar-refractivity contribution in [3.05, 3.63) is 71.3 Å². The van der Waals surface area contributed by atoms with Crippen LogP contribution in [0.2, 0.25) is 0 Å². The van der Waals surface area contributed by atoms with Crippen LogP contribution >= 0.6 is 0 Å². The Morgan fingerprint density at radius 2 is 0.472 bits per heavy atom. The van der Waals surface area contributed by atoms with Gasteiger partial charge >= 0.3 is 17.9 Å². The maximum absolute atomic E-state index is 14.3. The molecule has 0 aromatic heterocycles. The zero-order valence-corrected chi connectivity index (χ0v) is 68.8. The summed E-state index contributed by atoms with van der Waals surface area (Å²) in [7, 11) is 0. The van der Waals surface area contributed by atoms with Crippen LogP contribution in [0.25, 0.3) is 0 Å². The number of hydrogen-bond acceptors (Lipinski definition) is 15. The van der Waals surface area contributed by atoms with E-state index in [1.807, 2.05) is 18.2 Å². The van der Waals surface area contributed by atoms with Crippen molar-refractivity contribution in [1.29, 1.82) is 0 Å². The molecule has 1 aromatic rings. The van der Waals surface area contributed by atoms with E-state index in [1.54, 1.807) is 18.2 Å². The van der Waals surface area contributed by atoms with Crippen molar-refractivity contribution in [2.75, 3.05) is 98.4 Å². The highest BCUT2D eigenvalue weighted by Gasteiger charge is 2.19. The lowest BCUT2D eigenvalue weighted by Crippen LogP contribution is -2.33. The van der Waals surface area contributed by atoms with E-state index in [4.69, 9.17) is 14.2 Å². The van der Waals surface area contributed by atoms with Gasteiger partial charge in [0.25, 0.3) is 17.7 Å². The Balaban J connectivity index is 3.22. The highest BCUT2D eigenvalue weighted by molar-refractivity contribution is 6.04. The van der Waals surface area contributed by atoms with Crippen LogP contribution in [0.15, 0.2) is 54.7 Å². The fraction of sp³-hybridized carbons (Fsp3) is 0.767. The number of carbonyl (C=O) groups is 9. The molecule has 0 radical (unpaired) electrons. The van der Waals surface area contributed by atoms with Gasteiger partial charge in [-0.2, -0.15) is 0 Å². The zero-order chi connectivity index (χ0) is 78.3. The lowest BCUT2D eigenvalue weighted by molar-refractivity contribution is -0.143. The monoisotopic (exact) mass is 1510 g/mol. The van der Waals surface area contributed by atoms with Crippen LogP contribution in [0.3, 0.4) is 0 Å². The maximum Gasteiger partial charge on any atom is 0.306 e. The van der Waals surface area contributed by atoms with Gasteiger partial charge in [0.05, 0.1) is 0 Å². The summed E-state index contributed by atoms with van der Waals surface area (Å²) in [5.41, 5.74) is 0.794. The third-order valence-corrected chi connectivity index (χ3v) is 19.9. The van der Waals surface area contributed by atoms with Crippen molar-refractivity contribution < 1.29 is 57.4 Å².